The highest BCUT2D eigenvalue weighted by atomic mass is 16.5. The molecule has 1 aliphatic rings. The van der Waals surface area contributed by atoms with Crippen molar-refractivity contribution in [1.29, 1.82) is 0 Å². The minimum Gasteiger partial charge on any atom is -0.381 e. The largest absolute Gasteiger partial charge is 0.381 e. The van der Waals surface area contributed by atoms with E-state index < -0.39 is 0 Å². The molecule has 0 radical (unpaired) electrons. The quantitative estimate of drug-likeness (QED) is 0.844. The van der Waals surface area contributed by atoms with E-state index in [1.54, 1.807) is 0 Å². The highest BCUT2D eigenvalue weighted by Gasteiger charge is 2.13. The Morgan fingerprint density at radius 1 is 1.35 bits per heavy atom. The lowest BCUT2D eigenvalue weighted by Gasteiger charge is -2.23. The first kappa shape index (κ1) is 12.6. The normalized spacial score (nSPS) is 22.3. The fourth-order valence-electron chi connectivity index (χ4n) is 2.37. The summed E-state index contributed by atoms with van der Waals surface area (Å²) in [5.41, 5.74) is 1.42. The van der Waals surface area contributed by atoms with Gasteiger partial charge in [-0.2, -0.15) is 0 Å². The second kappa shape index (κ2) is 6.77. The number of hydrogen-bond donors (Lipinski definition) is 1. The van der Waals surface area contributed by atoms with E-state index in [1.165, 1.54) is 18.4 Å². The van der Waals surface area contributed by atoms with Gasteiger partial charge >= 0.3 is 0 Å². The van der Waals surface area contributed by atoms with Crippen LogP contribution in [-0.4, -0.2) is 26.3 Å². The lowest BCUT2D eigenvalue weighted by Crippen LogP contribution is -2.31. The van der Waals surface area contributed by atoms with E-state index in [0.29, 0.717) is 11.8 Å². The standard InChI is InChI=1S/C15H23NO/c1-13(15-7-3-2-4-8-15)10-16-11-14-6-5-9-17-12-14/h2-4,7-8,13-14,16H,5-6,9-12H2,1H3. The van der Waals surface area contributed by atoms with Gasteiger partial charge in [-0.3, -0.25) is 0 Å². The zero-order valence-electron chi connectivity index (χ0n) is 10.7. The highest BCUT2D eigenvalue weighted by Crippen LogP contribution is 2.15. The third kappa shape index (κ3) is 4.14. The Labute approximate surface area is 104 Å². The van der Waals surface area contributed by atoms with E-state index in [4.69, 9.17) is 4.74 Å². The maximum atomic E-state index is 5.48. The number of ether oxygens (including phenoxy) is 1. The summed E-state index contributed by atoms with van der Waals surface area (Å²) < 4.78 is 5.48. The predicted octanol–water partition coefficient (Wildman–Crippen LogP) is 2.81. The van der Waals surface area contributed by atoms with Crippen molar-refractivity contribution in [3.05, 3.63) is 35.9 Å². The van der Waals surface area contributed by atoms with Crippen LogP contribution in [0.2, 0.25) is 0 Å². The molecule has 17 heavy (non-hydrogen) atoms. The zero-order valence-corrected chi connectivity index (χ0v) is 10.7. The Bertz CT molecular complexity index is 306. The van der Waals surface area contributed by atoms with E-state index in [2.05, 4.69) is 42.6 Å². The Hall–Kier alpha value is -0.860. The molecule has 2 unspecified atom stereocenters. The van der Waals surface area contributed by atoms with Gasteiger partial charge in [-0.05, 0) is 30.2 Å². The molecule has 1 N–H and O–H groups in total. The second-order valence-corrected chi connectivity index (χ2v) is 5.05. The molecule has 1 aromatic rings. The molecule has 2 heteroatoms. The van der Waals surface area contributed by atoms with Crippen molar-refractivity contribution < 1.29 is 4.74 Å². The van der Waals surface area contributed by atoms with E-state index in [0.717, 1.165) is 26.3 Å². The van der Waals surface area contributed by atoms with Gasteiger partial charge in [-0.25, -0.2) is 0 Å². The number of benzene rings is 1. The van der Waals surface area contributed by atoms with E-state index in [1.807, 2.05) is 0 Å². The predicted molar refractivity (Wildman–Crippen MR) is 71.3 cm³/mol. The maximum absolute atomic E-state index is 5.48. The van der Waals surface area contributed by atoms with E-state index in [-0.39, 0.29) is 0 Å². The van der Waals surface area contributed by atoms with Crippen molar-refractivity contribution >= 4 is 0 Å². The van der Waals surface area contributed by atoms with Crippen molar-refractivity contribution in [1.82, 2.24) is 5.32 Å². The van der Waals surface area contributed by atoms with Gasteiger partial charge in [0.1, 0.15) is 0 Å². The SMILES string of the molecule is CC(CNCC1CCCOC1)c1ccccc1. The van der Waals surface area contributed by atoms with Gasteiger partial charge < -0.3 is 10.1 Å². The first-order chi connectivity index (χ1) is 8.36. The molecule has 0 spiro atoms. The Kier molecular flexibility index (Phi) is 5.02. The Balaban J connectivity index is 1.67. The van der Waals surface area contributed by atoms with Crippen LogP contribution in [0.4, 0.5) is 0 Å². The van der Waals surface area contributed by atoms with E-state index >= 15 is 0 Å². The molecule has 0 aromatic heterocycles. The molecule has 0 amide bonds. The molecule has 0 saturated carbocycles. The van der Waals surface area contributed by atoms with Crippen LogP contribution in [0.25, 0.3) is 0 Å². The van der Waals surface area contributed by atoms with Crippen LogP contribution in [0, 0.1) is 5.92 Å². The lowest BCUT2D eigenvalue weighted by molar-refractivity contribution is 0.0548. The molecule has 2 nitrogen and oxygen atoms in total. The first-order valence-corrected chi connectivity index (χ1v) is 6.69. The number of rotatable bonds is 5. The summed E-state index contributed by atoms with van der Waals surface area (Å²) >= 11 is 0. The average Bonchev–Trinajstić information content (AvgIpc) is 2.41. The first-order valence-electron chi connectivity index (χ1n) is 6.69. The van der Waals surface area contributed by atoms with Crippen molar-refractivity contribution in [3.8, 4) is 0 Å². The minimum atomic E-state index is 0.584. The van der Waals surface area contributed by atoms with Gasteiger partial charge in [0, 0.05) is 19.7 Å². The summed E-state index contributed by atoms with van der Waals surface area (Å²) in [6.07, 6.45) is 2.54. The topological polar surface area (TPSA) is 21.3 Å². The molecule has 0 bridgehead atoms. The van der Waals surface area contributed by atoms with Crippen LogP contribution in [0.1, 0.15) is 31.2 Å². The Morgan fingerprint density at radius 3 is 2.88 bits per heavy atom. The molecule has 1 saturated heterocycles. The Morgan fingerprint density at radius 2 is 2.18 bits per heavy atom. The van der Waals surface area contributed by atoms with Crippen molar-refractivity contribution in [2.24, 2.45) is 5.92 Å². The molecule has 1 heterocycles. The third-order valence-electron chi connectivity index (χ3n) is 3.51. The van der Waals surface area contributed by atoms with Gasteiger partial charge in [0.2, 0.25) is 0 Å². The van der Waals surface area contributed by atoms with Crippen molar-refractivity contribution in [2.75, 3.05) is 26.3 Å². The lowest BCUT2D eigenvalue weighted by atomic mass is 10.00. The second-order valence-electron chi connectivity index (χ2n) is 5.05. The van der Waals surface area contributed by atoms with Crippen LogP contribution in [0.15, 0.2) is 30.3 Å². The fraction of sp³-hybridized carbons (Fsp3) is 0.600. The van der Waals surface area contributed by atoms with Gasteiger partial charge in [0.25, 0.3) is 0 Å². The summed E-state index contributed by atoms with van der Waals surface area (Å²) in [5, 5.41) is 3.57. The summed E-state index contributed by atoms with van der Waals surface area (Å²) in [6.45, 7) is 6.32. The highest BCUT2D eigenvalue weighted by molar-refractivity contribution is 5.18. The fourth-order valence-corrected chi connectivity index (χ4v) is 2.37. The number of nitrogens with one attached hydrogen (secondary N) is 1. The van der Waals surface area contributed by atoms with Crippen LogP contribution < -0.4 is 5.32 Å². The van der Waals surface area contributed by atoms with Crippen molar-refractivity contribution in [3.63, 3.8) is 0 Å². The van der Waals surface area contributed by atoms with Crippen molar-refractivity contribution in [2.45, 2.75) is 25.7 Å². The van der Waals surface area contributed by atoms with Gasteiger partial charge in [0.05, 0.1) is 6.61 Å². The molecule has 2 rings (SSSR count). The molecule has 1 aromatic carbocycles. The van der Waals surface area contributed by atoms with Gasteiger partial charge in [0.15, 0.2) is 0 Å². The smallest absolute Gasteiger partial charge is 0.0506 e. The summed E-state index contributed by atoms with van der Waals surface area (Å²) in [5.74, 6) is 1.30. The molecular weight excluding hydrogens is 210 g/mol. The monoisotopic (exact) mass is 233 g/mol. The van der Waals surface area contributed by atoms with Gasteiger partial charge in [-0.1, -0.05) is 37.3 Å². The summed E-state index contributed by atoms with van der Waals surface area (Å²) in [4.78, 5) is 0. The van der Waals surface area contributed by atoms with Crippen LogP contribution in [0.5, 0.6) is 0 Å². The van der Waals surface area contributed by atoms with E-state index in [9.17, 15) is 0 Å². The molecule has 2 atom stereocenters. The minimum absolute atomic E-state index is 0.584. The summed E-state index contributed by atoms with van der Waals surface area (Å²) in [6, 6.07) is 10.7. The summed E-state index contributed by atoms with van der Waals surface area (Å²) in [7, 11) is 0. The van der Waals surface area contributed by atoms with Crippen LogP contribution in [0.3, 0.4) is 0 Å². The zero-order chi connectivity index (χ0) is 11.9. The molecule has 1 aliphatic heterocycles. The van der Waals surface area contributed by atoms with Crippen LogP contribution in [-0.2, 0) is 4.74 Å². The molecule has 1 fully saturated rings. The molecule has 0 aliphatic carbocycles. The number of hydrogen-bond acceptors (Lipinski definition) is 2. The maximum Gasteiger partial charge on any atom is 0.0506 e. The molecule has 94 valence electrons. The average molecular weight is 233 g/mol. The van der Waals surface area contributed by atoms with Crippen LogP contribution >= 0.6 is 0 Å². The third-order valence-corrected chi connectivity index (χ3v) is 3.51. The molecular formula is C15H23NO. The van der Waals surface area contributed by atoms with Gasteiger partial charge in [-0.15, -0.1) is 0 Å².